The lowest BCUT2D eigenvalue weighted by Crippen LogP contribution is -2.62. The minimum atomic E-state index is -1.80. The molecule has 0 radical (unpaired) electrons. The monoisotopic (exact) mass is 781 g/mol. The second kappa shape index (κ2) is 18.2. The fourth-order valence-electron chi connectivity index (χ4n) is 8.36. The zero-order chi connectivity index (χ0) is 41.2. The maximum Gasteiger partial charge on any atom is 0.320 e. The van der Waals surface area contributed by atoms with Gasteiger partial charge in [-0.05, 0) is 79.7 Å². The predicted molar refractivity (Wildman–Crippen MR) is 202 cm³/mol. The van der Waals surface area contributed by atoms with Gasteiger partial charge < -0.3 is 58.8 Å². The number of aliphatic hydroxyl groups excluding tert-OH is 2. The molecular formula is C39H67N5O11. The second-order valence-corrected chi connectivity index (χ2v) is 16.9. The second-order valence-electron chi connectivity index (χ2n) is 16.9. The Labute approximate surface area is 326 Å². The van der Waals surface area contributed by atoms with Gasteiger partial charge in [0.05, 0.1) is 55.4 Å². The van der Waals surface area contributed by atoms with E-state index in [0.717, 1.165) is 12.8 Å². The standard InChI is InChI=1S/C39H67N5O11/c1-13-29-39(8,50)32(46)25(6)42(9)20-21(2)17-38(7,49)33(23(4)30(45)24(5)34(47)54-29)55-35-31(53-27-18-40-36(51-12)41-19-27)28(16-22(3)52-35)44(11)37(48)43(10)26-14-15-26/h18-19,21-26,28-33,35,45-46,49-50H,13-17,20H2,1-12H3/t21-,22-,23+,24-,25-,28+,29-,30+,31-,32-,33-,35+,38-,39-/m1/s1. The van der Waals surface area contributed by atoms with Crippen LogP contribution in [0.5, 0.6) is 11.8 Å². The Morgan fingerprint density at radius 1 is 1.05 bits per heavy atom. The number of esters is 1. The Morgan fingerprint density at radius 3 is 2.24 bits per heavy atom. The van der Waals surface area contributed by atoms with Gasteiger partial charge >= 0.3 is 18.0 Å². The van der Waals surface area contributed by atoms with Crippen LogP contribution in [0.1, 0.15) is 87.5 Å². The molecule has 55 heavy (non-hydrogen) atoms. The molecular weight excluding hydrogens is 714 g/mol. The van der Waals surface area contributed by atoms with Crippen molar-refractivity contribution in [3.63, 3.8) is 0 Å². The Bertz CT molecular complexity index is 1410. The van der Waals surface area contributed by atoms with Gasteiger partial charge in [-0.3, -0.25) is 4.79 Å². The van der Waals surface area contributed by atoms with Crippen molar-refractivity contribution in [1.29, 1.82) is 0 Å². The van der Waals surface area contributed by atoms with Crippen LogP contribution in [-0.2, 0) is 19.0 Å². The highest BCUT2D eigenvalue weighted by Crippen LogP contribution is 2.38. The normalized spacial score (nSPS) is 40.0. The minimum Gasteiger partial charge on any atom is -0.480 e. The molecule has 2 aliphatic heterocycles. The highest BCUT2D eigenvalue weighted by atomic mass is 16.7. The molecule has 3 fully saturated rings. The van der Waals surface area contributed by atoms with Gasteiger partial charge in [0.25, 0.3) is 0 Å². The van der Waals surface area contributed by atoms with Gasteiger partial charge in [-0.15, -0.1) is 0 Å². The topological polar surface area (TPSA) is 197 Å². The summed E-state index contributed by atoms with van der Waals surface area (Å²) in [6.45, 7) is 14.1. The Balaban J connectivity index is 1.76. The molecule has 2 saturated heterocycles. The van der Waals surface area contributed by atoms with Crippen LogP contribution in [0.3, 0.4) is 0 Å². The van der Waals surface area contributed by atoms with Crippen molar-refractivity contribution in [2.45, 2.75) is 160 Å². The van der Waals surface area contributed by atoms with E-state index in [1.807, 2.05) is 25.8 Å². The van der Waals surface area contributed by atoms with Gasteiger partial charge in [-0.2, -0.15) is 9.97 Å². The number of cyclic esters (lactones) is 1. The first-order chi connectivity index (χ1) is 25.6. The van der Waals surface area contributed by atoms with Crippen LogP contribution in [0.2, 0.25) is 0 Å². The van der Waals surface area contributed by atoms with E-state index in [0.29, 0.717) is 13.0 Å². The molecule has 1 aromatic heterocycles. The number of likely N-dealkylation sites (N-methyl/N-ethyl adjacent to an activating group) is 2. The molecule has 3 heterocycles. The Kier molecular flexibility index (Phi) is 14.8. The number of carbonyl (C=O) groups excluding carboxylic acids is 2. The van der Waals surface area contributed by atoms with Gasteiger partial charge in [-0.1, -0.05) is 20.8 Å². The van der Waals surface area contributed by atoms with E-state index < -0.39 is 84.0 Å². The summed E-state index contributed by atoms with van der Waals surface area (Å²) < 4.78 is 30.8. The number of ether oxygens (including phenoxy) is 5. The molecule has 4 rings (SSSR count). The summed E-state index contributed by atoms with van der Waals surface area (Å²) in [5, 5.41) is 47.2. The first-order valence-corrected chi connectivity index (χ1v) is 19.7. The summed E-state index contributed by atoms with van der Waals surface area (Å²) in [7, 11) is 6.78. The number of urea groups is 1. The first-order valence-electron chi connectivity index (χ1n) is 19.7. The van der Waals surface area contributed by atoms with E-state index in [4.69, 9.17) is 23.7 Å². The van der Waals surface area contributed by atoms with E-state index in [1.165, 1.54) is 33.4 Å². The zero-order valence-corrected chi connectivity index (χ0v) is 34.8. The van der Waals surface area contributed by atoms with Crippen LogP contribution in [0.25, 0.3) is 0 Å². The molecule has 1 saturated carbocycles. The third kappa shape index (κ3) is 10.4. The molecule has 314 valence electrons. The average molecular weight is 782 g/mol. The Hall–Kier alpha value is -2.86. The number of amides is 2. The predicted octanol–water partition coefficient (Wildman–Crippen LogP) is 2.45. The molecule has 1 aliphatic carbocycles. The van der Waals surface area contributed by atoms with Crippen molar-refractivity contribution in [2.24, 2.45) is 17.8 Å². The molecule has 14 atom stereocenters. The third-order valence-corrected chi connectivity index (χ3v) is 12.0. The van der Waals surface area contributed by atoms with Gasteiger partial charge in [0.2, 0.25) is 0 Å². The largest absolute Gasteiger partial charge is 0.480 e. The Morgan fingerprint density at radius 2 is 1.67 bits per heavy atom. The van der Waals surface area contributed by atoms with E-state index >= 15 is 0 Å². The van der Waals surface area contributed by atoms with Crippen molar-refractivity contribution in [1.82, 2.24) is 24.7 Å². The van der Waals surface area contributed by atoms with Crippen LogP contribution in [0, 0.1) is 17.8 Å². The summed E-state index contributed by atoms with van der Waals surface area (Å²) in [5.41, 5.74) is -3.42. The molecule has 0 aromatic carbocycles. The maximum atomic E-state index is 13.8. The van der Waals surface area contributed by atoms with E-state index in [1.54, 1.807) is 51.6 Å². The molecule has 4 N–H and O–H groups in total. The van der Waals surface area contributed by atoms with E-state index in [9.17, 15) is 30.0 Å². The minimum absolute atomic E-state index is 0.142. The summed E-state index contributed by atoms with van der Waals surface area (Å²) >= 11 is 0. The number of aliphatic hydroxyl groups is 4. The van der Waals surface area contributed by atoms with E-state index in [2.05, 4.69) is 9.97 Å². The van der Waals surface area contributed by atoms with Crippen LogP contribution in [-0.4, -0.2) is 164 Å². The number of nitrogens with zero attached hydrogens (tertiary/aromatic N) is 5. The van der Waals surface area contributed by atoms with Crippen LogP contribution >= 0.6 is 0 Å². The van der Waals surface area contributed by atoms with E-state index in [-0.39, 0.29) is 42.6 Å². The average Bonchev–Trinajstić information content (AvgIpc) is 3.99. The maximum absolute atomic E-state index is 13.8. The highest BCUT2D eigenvalue weighted by molar-refractivity contribution is 5.75. The first kappa shape index (κ1) is 44.8. The summed E-state index contributed by atoms with van der Waals surface area (Å²) in [5.74, 6) is -2.69. The van der Waals surface area contributed by atoms with Crippen molar-refractivity contribution < 1.29 is 53.7 Å². The fourth-order valence-corrected chi connectivity index (χ4v) is 8.36. The highest BCUT2D eigenvalue weighted by Gasteiger charge is 2.51. The van der Waals surface area contributed by atoms with Gasteiger partial charge in [0.15, 0.2) is 18.1 Å². The number of carbonyl (C=O) groups is 2. The van der Waals surface area contributed by atoms with Crippen molar-refractivity contribution in [3.05, 3.63) is 12.4 Å². The third-order valence-electron chi connectivity index (χ3n) is 12.0. The molecule has 2 amide bonds. The molecule has 0 spiro atoms. The SMILES string of the molecule is CC[C@H]1OC(=O)[C@H](C)[C@@H](O)[C@H](C)[C@@H](O[C@@H]2O[C@H](C)C[C@H](N(C)C(=O)N(C)C3CC3)[C@H]2Oc2cnc(OC)nc2)[C@](C)(O)C[C@@H](C)CN(C)[C@H](C)[C@@H](O)[C@]1(C)O. The summed E-state index contributed by atoms with van der Waals surface area (Å²) in [6.07, 6.45) is -1.86. The molecule has 3 aliphatic rings. The quantitative estimate of drug-likeness (QED) is 0.281. The lowest BCUT2D eigenvalue weighted by atomic mass is 9.78. The molecule has 16 heteroatoms. The lowest BCUT2D eigenvalue weighted by molar-refractivity contribution is -0.294. The number of hydrogen-bond donors (Lipinski definition) is 4. The molecule has 16 nitrogen and oxygen atoms in total. The lowest BCUT2D eigenvalue weighted by Gasteiger charge is -2.48. The number of methoxy groups -OCH3 is 1. The van der Waals surface area contributed by atoms with Crippen LogP contribution in [0.15, 0.2) is 12.4 Å². The van der Waals surface area contributed by atoms with Crippen molar-refractivity contribution in [2.75, 3.05) is 34.8 Å². The number of aromatic nitrogens is 2. The molecule has 0 unspecified atom stereocenters. The van der Waals surface area contributed by atoms with Gasteiger partial charge in [-0.25, -0.2) is 4.79 Å². The van der Waals surface area contributed by atoms with Crippen molar-refractivity contribution >= 4 is 12.0 Å². The van der Waals surface area contributed by atoms with Gasteiger partial charge in [0.1, 0.15) is 17.8 Å². The zero-order valence-electron chi connectivity index (χ0n) is 34.8. The number of rotatable bonds is 8. The fraction of sp³-hybridized carbons (Fsp3) is 0.846. The summed E-state index contributed by atoms with van der Waals surface area (Å²) in [4.78, 5) is 41.1. The van der Waals surface area contributed by atoms with Crippen LogP contribution in [0.4, 0.5) is 4.79 Å². The smallest absolute Gasteiger partial charge is 0.320 e. The van der Waals surface area contributed by atoms with Gasteiger partial charge in [0, 0.05) is 38.6 Å². The van der Waals surface area contributed by atoms with Crippen molar-refractivity contribution in [3.8, 4) is 11.8 Å². The van der Waals surface area contributed by atoms with Crippen LogP contribution < -0.4 is 9.47 Å². The molecule has 1 aromatic rings. The molecule has 0 bridgehead atoms. The number of hydrogen-bond acceptors (Lipinski definition) is 14. The summed E-state index contributed by atoms with van der Waals surface area (Å²) in [6, 6.07) is -0.992.